The Labute approximate surface area is 124 Å². The summed E-state index contributed by atoms with van der Waals surface area (Å²) in [5.74, 6) is -0.986. The van der Waals surface area contributed by atoms with Gasteiger partial charge < -0.3 is 26.2 Å². The number of aliphatic carboxylic acids is 1. The summed E-state index contributed by atoms with van der Waals surface area (Å²) in [4.78, 5) is 26.3. The molecule has 0 aromatic heterocycles. The summed E-state index contributed by atoms with van der Waals surface area (Å²) in [6, 6.07) is -0.901. The smallest absolute Gasteiger partial charge is 0.320 e. The molecule has 5 N–H and O–H groups in total. The zero-order valence-electron chi connectivity index (χ0n) is 12.3. The van der Waals surface area contributed by atoms with Crippen molar-refractivity contribution in [1.82, 2.24) is 15.1 Å². The van der Waals surface area contributed by atoms with Crippen LogP contribution in [0.25, 0.3) is 0 Å². The monoisotopic (exact) mass is 302 g/mol. The van der Waals surface area contributed by atoms with Gasteiger partial charge in [0.1, 0.15) is 6.04 Å². The van der Waals surface area contributed by atoms with Crippen LogP contribution in [-0.2, 0) is 4.79 Å². The lowest BCUT2D eigenvalue weighted by Crippen LogP contribution is -2.52. The molecule has 1 saturated heterocycles. The lowest BCUT2D eigenvalue weighted by Gasteiger charge is -2.34. The molecule has 1 unspecified atom stereocenters. The predicted molar refractivity (Wildman–Crippen MR) is 78.0 cm³/mol. The molecule has 122 valence electrons. The summed E-state index contributed by atoms with van der Waals surface area (Å²) in [6.45, 7) is 4.21. The summed E-state index contributed by atoms with van der Waals surface area (Å²) in [6.07, 6.45) is 1.82. The minimum absolute atomic E-state index is 0.0822. The number of nitrogens with zero attached hydrogens (tertiary/aromatic N) is 2. The summed E-state index contributed by atoms with van der Waals surface area (Å²) in [5, 5.41) is 20.3. The van der Waals surface area contributed by atoms with Gasteiger partial charge in [0, 0.05) is 39.3 Å². The number of urea groups is 1. The van der Waals surface area contributed by atoms with Gasteiger partial charge in [-0.2, -0.15) is 0 Å². The maximum absolute atomic E-state index is 11.9. The molecule has 0 spiro atoms. The first kappa shape index (κ1) is 17.7. The number of rotatable bonds is 8. The van der Waals surface area contributed by atoms with Gasteiger partial charge in [0.25, 0.3) is 0 Å². The molecule has 1 fully saturated rings. The number of aliphatic hydroxyl groups is 1. The fourth-order valence-corrected chi connectivity index (χ4v) is 2.24. The van der Waals surface area contributed by atoms with E-state index in [4.69, 9.17) is 15.9 Å². The summed E-state index contributed by atoms with van der Waals surface area (Å²) < 4.78 is 0. The fraction of sp³-hybridized carbons (Fsp3) is 0.846. The second kappa shape index (κ2) is 9.54. The van der Waals surface area contributed by atoms with E-state index in [9.17, 15) is 9.59 Å². The first-order valence-electron chi connectivity index (χ1n) is 7.39. The van der Waals surface area contributed by atoms with Crippen molar-refractivity contribution >= 4 is 12.0 Å². The predicted octanol–water partition coefficient (Wildman–Crippen LogP) is -1.11. The molecular formula is C13H26N4O4. The molecule has 2 amide bonds. The Morgan fingerprint density at radius 2 is 1.86 bits per heavy atom. The van der Waals surface area contributed by atoms with Gasteiger partial charge in [0.15, 0.2) is 0 Å². The van der Waals surface area contributed by atoms with Crippen LogP contribution >= 0.6 is 0 Å². The van der Waals surface area contributed by atoms with Crippen LogP contribution in [0.15, 0.2) is 0 Å². The number of unbranched alkanes of at least 4 members (excludes halogenated alkanes) is 1. The molecule has 0 aromatic rings. The highest BCUT2D eigenvalue weighted by atomic mass is 16.4. The van der Waals surface area contributed by atoms with Gasteiger partial charge in [-0.05, 0) is 19.3 Å². The van der Waals surface area contributed by atoms with Crippen molar-refractivity contribution in [3.05, 3.63) is 0 Å². The van der Waals surface area contributed by atoms with Crippen LogP contribution in [0, 0.1) is 0 Å². The normalized spacial score (nSPS) is 17.5. The largest absolute Gasteiger partial charge is 0.480 e. The number of carbonyl (C=O) groups excluding carboxylic acids is 1. The van der Waals surface area contributed by atoms with E-state index in [1.807, 2.05) is 0 Å². The van der Waals surface area contributed by atoms with Crippen molar-refractivity contribution in [2.45, 2.75) is 25.3 Å². The molecule has 0 bridgehead atoms. The fourth-order valence-electron chi connectivity index (χ4n) is 2.24. The molecule has 21 heavy (non-hydrogen) atoms. The minimum Gasteiger partial charge on any atom is -0.480 e. The van der Waals surface area contributed by atoms with Crippen LogP contribution in [0.5, 0.6) is 0 Å². The van der Waals surface area contributed by atoms with Crippen molar-refractivity contribution in [3.8, 4) is 0 Å². The highest BCUT2D eigenvalue weighted by Gasteiger charge is 2.20. The first-order valence-corrected chi connectivity index (χ1v) is 7.39. The van der Waals surface area contributed by atoms with Gasteiger partial charge in [0.05, 0.1) is 6.61 Å². The quantitative estimate of drug-likeness (QED) is 0.422. The van der Waals surface area contributed by atoms with Crippen LogP contribution in [-0.4, -0.2) is 83.9 Å². The van der Waals surface area contributed by atoms with Gasteiger partial charge in [-0.15, -0.1) is 0 Å². The van der Waals surface area contributed by atoms with E-state index in [0.29, 0.717) is 39.0 Å². The summed E-state index contributed by atoms with van der Waals surface area (Å²) >= 11 is 0. The Balaban J connectivity index is 2.08. The topological polar surface area (TPSA) is 119 Å². The third-order valence-electron chi connectivity index (χ3n) is 3.61. The van der Waals surface area contributed by atoms with Gasteiger partial charge in [-0.3, -0.25) is 9.69 Å². The molecule has 8 heteroatoms. The highest BCUT2D eigenvalue weighted by molar-refractivity contribution is 5.74. The Bertz CT molecular complexity index is 332. The lowest BCUT2D eigenvalue weighted by atomic mass is 10.1. The number of carboxylic acid groups (broad SMARTS) is 1. The molecule has 0 radical (unpaired) electrons. The number of hydrogen-bond donors (Lipinski definition) is 4. The van der Waals surface area contributed by atoms with Gasteiger partial charge in [-0.25, -0.2) is 4.79 Å². The zero-order chi connectivity index (χ0) is 15.7. The maximum Gasteiger partial charge on any atom is 0.320 e. The molecule has 0 saturated carbocycles. The second-order valence-corrected chi connectivity index (χ2v) is 5.22. The van der Waals surface area contributed by atoms with Crippen LogP contribution < -0.4 is 11.1 Å². The lowest BCUT2D eigenvalue weighted by molar-refractivity contribution is -0.138. The first-order chi connectivity index (χ1) is 10.0. The molecule has 1 aliphatic rings. The van der Waals surface area contributed by atoms with Gasteiger partial charge in [-0.1, -0.05) is 0 Å². The van der Waals surface area contributed by atoms with Crippen molar-refractivity contribution in [2.24, 2.45) is 5.73 Å². The number of aliphatic hydroxyl groups excluding tert-OH is 1. The summed E-state index contributed by atoms with van der Waals surface area (Å²) in [5.41, 5.74) is 5.40. The van der Waals surface area contributed by atoms with Crippen molar-refractivity contribution in [2.75, 3.05) is 45.9 Å². The molecule has 0 aromatic carbocycles. The van der Waals surface area contributed by atoms with E-state index in [1.165, 1.54) is 0 Å². The SMILES string of the molecule is NC(CCCCNC(=O)N1CCN(CCO)CC1)C(=O)O. The number of piperazine rings is 1. The third kappa shape index (κ3) is 6.74. The number of amides is 2. The molecule has 1 aliphatic heterocycles. The average Bonchev–Trinajstić information content (AvgIpc) is 2.47. The molecule has 1 atom stereocenters. The number of β-amino-alcohol motifs (C(OH)–C–C–N with tert-alkyl or cyclic N) is 1. The third-order valence-corrected chi connectivity index (χ3v) is 3.61. The number of carboxylic acids is 1. The molecular weight excluding hydrogens is 276 g/mol. The molecule has 0 aliphatic carbocycles. The second-order valence-electron chi connectivity index (χ2n) is 5.22. The zero-order valence-corrected chi connectivity index (χ0v) is 12.3. The van der Waals surface area contributed by atoms with E-state index < -0.39 is 12.0 Å². The van der Waals surface area contributed by atoms with E-state index in [2.05, 4.69) is 10.2 Å². The Morgan fingerprint density at radius 3 is 2.43 bits per heavy atom. The van der Waals surface area contributed by atoms with E-state index in [0.717, 1.165) is 19.5 Å². The van der Waals surface area contributed by atoms with E-state index >= 15 is 0 Å². The molecule has 8 nitrogen and oxygen atoms in total. The van der Waals surface area contributed by atoms with E-state index in [-0.39, 0.29) is 12.6 Å². The average molecular weight is 302 g/mol. The Kier molecular flexibility index (Phi) is 8.03. The Morgan fingerprint density at radius 1 is 1.19 bits per heavy atom. The standard InChI is InChI=1S/C13H26N4O4/c14-11(12(19)20)3-1-2-4-15-13(21)17-7-5-16(6-8-17)9-10-18/h11,18H,1-10,14H2,(H,15,21)(H,19,20). The van der Waals surface area contributed by atoms with Crippen LogP contribution in [0.3, 0.4) is 0 Å². The number of nitrogens with two attached hydrogens (primary N) is 1. The Hall–Kier alpha value is -1.38. The van der Waals surface area contributed by atoms with Crippen molar-refractivity contribution in [3.63, 3.8) is 0 Å². The number of nitrogens with one attached hydrogen (secondary N) is 1. The van der Waals surface area contributed by atoms with Crippen LogP contribution in [0.2, 0.25) is 0 Å². The number of hydrogen-bond acceptors (Lipinski definition) is 5. The maximum atomic E-state index is 11.9. The minimum atomic E-state index is -0.986. The molecule has 1 rings (SSSR count). The van der Waals surface area contributed by atoms with Crippen molar-refractivity contribution in [1.29, 1.82) is 0 Å². The number of carbonyl (C=O) groups is 2. The van der Waals surface area contributed by atoms with Crippen molar-refractivity contribution < 1.29 is 19.8 Å². The summed E-state index contributed by atoms with van der Waals surface area (Å²) in [7, 11) is 0. The highest BCUT2D eigenvalue weighted by Crippen LogP contribution is 2.02. The van der Waals surface area contributed by atoms with Crippen LogP contribution in [0.4, 0.5) is 4.79 Å². The van der Waals surface area contributed by atoms with Gasteiger partial charge >= 0.3 is 12.0 Å². The van der Waals surface area contributed by atoms with E-state index in [1.54, 1.807) is 4.90 Å². The van der Waals surface area contributed by atoms with Gasteiger partial charge in [0.2, 0.25) is 0 Å². The van der Waals surface area contributed by atoms with Crippen LogP contribution in [0.1, 0.15) is 19.3 Å². The molecule has 1 heterocycles.